The van der Waals surface area contributed by atoms with Crippen molar-refractivity contribution in [1.29, 1.82) is 0 Å². The highest BCUT2D eigenvalue weighted by Gasteiger charge is 2.34. The highest BCUT2D eigenvalue weighted by atomic mass is 16.7. The van der Waals surface area contributed by atoms with Gasteiger partial charge in [0.1, 0.15) is 12.4 Å². The summed E-state index contributed by atoms with van der Waals surface area (Å²) in [5.74, 6) is 2.42. The van der Waals surface area contributed by atoms with Gasteiger partial charge >= 0.3 is 5.97 Å². The van der Waals surface area contributed by atoms with Gasteiger partial charge in [-0.2, -0.15) is 0 Å². The molecule has 9 nitrogen and oxygen atoms in total. The van der Waals surface area contributed by atoms with Gasteiger partial charge in [0.25, 0.3) is 5.91 Å². The number of carbonyl (C=O) groups excluding carboxylic acids is 2. The molecule has 38 heavy (non-hydrogen) atoms. The third kappa shape index (κ3) is 4.91. The molecule has 2 aliphatic heterocycles. The molecule has 3 aromatic rings. The van der Waals surface area contributed by atoms with Crippen LogP contribution in [-0.2, 0) is 11.2 Å². The molecule has 5 rings (SSSR count). The van der Waals surface area contributed by atoms with Crippen molar-refractivity contribution in [2.45, 2.75) is 19.4 Å². The second-order valence-corrected chi connectivity index (χ2v) is 8.79. The lowest BCUT2D eigenvalue weighted by Crippen LogP contribution is -2.42. The Morgan fingerprint density at radius 1 is 0.921 bits per heavy atom. The third-order valence-electron chi connectivity index (χ3n) is 6.66. The number of methoxy groups -OCH3 is 2. The quantitative estimate of drug-likeness (QED) is 0.404. The van der Waals surface area contributed by atoms with Gasteiger partial charge in [-0.3, -0.25) is 4.79 Å². The van der Waals surface area contributed by atoms with Crippen molar-refractivity contribution < 1.29 is 38.0 Å². The first kappa shape index (κ1) is 25.3. The van der Waals surface area contributed by atoms with Crippen molar-refractivity contribution >= 4 is 11.9 Å². The maximum absolute atomic E-state index is 13.8. The maximum atomic E-state index is 13.8. The first-order valence-corrected chi connectivity index (χ1v) is 12.4. The minimum atomic E-state index is -0.402. The molecule has 0 aromatic heterocycles. The fourth-order valence-corrected chi connectivity index (χ4v) is 4.72. The van der Waals surface area contributed by atoms with Crippen LogP contribution in [0.1, 0.15) is 44.8 Å². The van der Waals surface area contributed by atoms with Gasteiger partial charge in [0, 0.05) is 12.1 Å². The molecule has 0 bridgehead atoms. The summed E-state index contributed by atoms with van der Waals surface area (Å²) in [6.07, 6.45) is 0.650. The van der Waals surface area contributed by atoms with Crippen LogP contribution in [0.5, 0.6) is 28.7 Å². The van der Waals surface area contributed by atoms with Gasteiger partial charge < -0.3 is 33.3 Å². The molecular weight excluding hydrogens is 490 g/mol. The summed E-state index contributed by atoms with van der Waals surface area (Å²) in [7, 11) is 3.18. The van der Waals surface area contributed by atoms with Gasteiger partial charge in [0.05, 0.1) is 32.4 Å². The van der Waals surface area contributed by atoms with Crippen molar-refractivity contribution in [3.05, 3.63) is 76.9 Å². The fourth-order valence-electron chi connectivity index (χ4n) is 4.72. The van der Waals surface area contributed by atoms with E-state index >= 15 is 0 Å². The number of fused-ring (bicyclic) bond motifs is 2. The molecule has 198 valence electrons. The zero-order valence-corrected chi connectivity index (χ0v) is 21.5. The fraction of sp³-hybridized carbons (Fsp3) is 0.310. The average Bonchev–Trinajstić information content (AvgIpc) is 3.43. The molecule has 0 saturated heterocycles. The molecule has 3 aromatic carbocycles. The van der Waals surface area contributed by atoms with Crippen LogP contribution in [0.4, 0.5) is 0 Å². The van der Waals surface area contributed by atoms with Gasteiger partial charge in [-0.1, -0.05) is 0 Å². The standard InChI is InChI=1S/C29H29NO8/c1-4-35-29(32)18-5-8-21(9-6-18)36-16-23-22-15-26(34-3)25(33-2)13-19(22)11-12-30(23)28(31)20-7-10-24-27(14-20)38-17-37-24/h5-10,13-15,23H,4,11-12,16-17H2,1-3H3. The van der Waals surface area contributed by atoms with Crippen LogP contribution in [0.2, 0.25) is 0 Å². The summed E-state index contributed by atoms with van der Waals surface area (Å²) in [5, 5.41) is 0. The number of benzene rings is 3. The van der Waals surface area contributed by atoms with E-state index in [0.29, 0.717) is 59.4 Å². The summed E-state index contributed by atoms with van der Waals surface area (Å²) in [6, 6.07) is 15.4. The van der Waals surface area contributed by atoms with E-state index in [1.54, 1.807) is 68.5 Å². The molecule has 0 radical (unpaired) electrons. The highest BCUT2D eigenvalue weighted by molar-refractivity contribution is 5.95. The highest BCUT2D eigenvalue weighted by Crippen LogP contribution is 2.40. The number of hydrogen-bond donors (Lipinski definition) is 0. The van der Waals surface area contributed by atoms with Crippen LogP contribution in [0, 0.1) is 0 Å². The van der Waals surface area contributed by atoms with Crippen LogP contribution >= 0.6 is 0 Å². The molecule has 0 fully saturated rings. The lowest BCUT2D eigenvalue weighted by molar-refractivity contribution is 0.0524. The Bertz CT molecular complexity index is 1340. The van der Waals surface area contributed by atoms with E-state index in [0.717, 1.165) is 11.1 Å². The van der Waals surface area contributed by atoms with E-state index in [1.165, 1.54) is 0 Å². The normalized spacial score (nSPS) is 15.4. The molecule has 1 unspecified atom stereocenters. The molecule has 9 heteroatoms. The Morgan fingerprint density at radius 3 is 2.37 bits per heavy atom. The number of hydrogen-bond acceptors (Lipinski definition) is 8. The van der Waals surface area contributed by atoms with E-state index in [-0.39, 0.29) is 25.3 Å². The topological polar surface area (TPSA) is 92.8 Å². The lowest BCUT2D eigenvalue weighted by atomic mass is 9.91. The SMILES string of the molecule is CCOC(=O)c1ccc(OCC2c3cc(OC)c(OC)cc3CCN2C(=O)c2ccc3c(c2)OCO3)cc1. The maximum Gasteiger partial charge on any atom is 0.338 e. The molecule has 0 saturated carbocycles. The Balaban J connectivity index is 1.44. The molecule has 1 atom stereocenters. The minimum Gasteiger partial charge on any atom is -0.493 e. The predicted molar refractivity (Wildman–Crippen MR) is 137 cm³/mol. The molecule has 1 amide bonds. The smallest absolute Gasteiger partial charge is 0.338 e. The molecule has 0 N–H and O–H groups in total. The largest absolute Gasteiger partial charge is 0.493 e. The van der Waals surface area contributed by atoms with Gasteiger partial charge in [-0.05, 0) is 79.1 Å². The number of nitrogens with zero attached hydrogens (tertiary/aromatic N) is 1. The average molecular weight is 520 g/mol. The first-order chi connectivity index (χ1) is 18.5. The van der Waals surface area contributed by atoms with E-state index in [9.17, 15) is 9.59 Å². The number of rotatable bonds is 8. The van der Waals surface area contributed by atoms with Crippen LogP contribution in [0.25, 0.3) is 0 Å². The Kier molecular flexibility index (Phi) is 7.26. The number of amides is 1. The van der Waals surface area contributed by atoms with Crippen molar-refractivity contribution in [2.75, 3.05) is 40.8 Å². The van der Waals surface area contributed by atoms with Crippen molar-refractivity contribution in [2.24, 2.45) is 0 Å². The first-order valence-electron chi connectivity index (χ1n) is 12.4. The number of carbonyl (C=O) groups is 2. The summed E-state index contributed by atoms with van der Waals surface area (Å²) in [6.45, 7) is 2.89. The summed E-state index contributed by atoms with van der Waals surface area (Å²) in [4.78, 5) is 27.5. The van der Waals surface area contributed by atoms with E-state index in [1.807, 2.05) is 12.1 Å². The molecule has 2 aliphatic rings. The second kappa shape index (κ2) is 10.9. The Labute approximate surface area is 220 Å². The zero-order valence-electron chi connectivity index (χ0n) is 21.5. The monoisotopic (exact) mass is 519 g/mol. The Hall–Kier alpha value is -4.40. The van der Waals surface area contributed by atoms with Crippen LogP contribution in [-0.4, -0.2) is 57.5 Å². The van der Waals surface area contributed by atoms with Crippen molar-refractivity contribution in [3.8, 4) is 28.7 Å². The van der Waals surface area contributed by atoms with Gasteiger partial charge in [-0.25, -0.2) is 4.79 Å². The van der Waals surface area contributed by atoms with Crippen LogP contribution in [0.15, 0.2) is 54.6 Å². The van der Waals surface area contributed by atoms with Crippen LogP contribution < -0.4 is 23.7 Å². The Morgan fingerprint density at radius 2 is 1.63 bits per heavy atom. The van der Waals surface area contributed by atoms with E-state index < -0.39 is 6.04 Å². The molecule has 2 heterocycles. The third-order valence-corrected chi connectivity index (χ3v) is 6.66. The number of ether oxygens (including phenoxy) is 6. The summed E-state index contributed by atoms with van der Waals surface area (Å²) < 4.78 is 33.1. The zero-order chi connectivity index (χ0) is 26.6. The van der Waals surface area contributed by atoms with E-state index in [2.05, 4.69) is 0 Å². The van der Waals surface area contributed by atoms with Crippen molar-refractivity contribution in [3.63, 3.8) is 0 Å². The predicted octanol–water partition coefficient (Wildman–Crippen LogP) is 4.43. The summed E-state index contributed by atoms with van der Waals surface area (Å²) in [5.41, 5.74) is 2.93. The lowest BCUT2D eigenvalue weighted by Gasteiger charge is -2.37. The molecule has 0 aliphatic carbocycles. The second-order valence-electron chi connectivity index (χ2n) is 8.79. The van der Waals surface area contributed by atoms with Gasteiger partial charge in [0.15, 0.2) is 23.0 Å². The number of esters is 1. The molecular formula is C29H29NO8. The van der Waals surface area contributed by atoms with Gasteiger partial charge in [-0.15, -0.1) is 0 Å². The van der Waals surface area contributed by atoms with E-state index in [4.69, 9.17) is 28.4 Å². The van der Waals surface area contributed by atoms with Crippen LogP contribution in [0.3, 0.4) is 0 Å². The summed E-state index contributed by atoms with van der Waals surface area (Å²) >= 11 is 0. The minimum absolute atomic E-state index is 0.136. The van der Waals surface area contributed by atoms with Gasteiger partial charge in [0.2, 0.25) is 6.79 Å². The van der Waals surface area contributed by atoms with Crippen molar-refractivity contribution in [1.82, 2.24) is 4.90 Å². The molecule has 0 spiro atoms.